The predicted molar refractivity (Wildman–Crippen MR) is 138 cm³/mol. The number of ketones is 1. The molecular formula is C22H31N9O5S. The van der Waals surface area contributed by atoms with Crippen molar-refractivity contribution in [2.45, 2.75) is 37.8 Å². The van der Waals surface area contributed by atoms with E-state index in [0.29, 0.717) is 11.9 Å². The molecule has 2 unspecified atom stereocenters. The van der Waals surface area contributed by atoms with Crippen molar-refractivity contribution in [3.05, 3.63) is 29.3 Å². The zero-order valence-corrected chi connectivity index (χ0v) is 20.9. The van der Waals surface area contributed by atoms with Gasteiger partial charge in [-0.05, 0) is 31.4 Å². The van der Waals surface area contributed by atoms with E-state index in [0.717, 1.165) is 4.70 Å². The third-order valence-corrected chi connectivity index (χ3v) is 6.09. The summed E-state index contributed by atoms with van der Waals surface area (Å²) in [7, 11) is 0. The lowest BCUT2D eigenvalue weighted by Crippen LogP contribution is -2.51. The van der Waals surface area contributed by atoms with Gasteiger partial charge in [-0.25, -0.2) is 4.98 Å². The lowest BCUT2D eigenvalue weighted by atomic mass is 10.1. The Hall–Kier alpha value is -4.11. The summed E-state index contributed by atoms with van der Waals surface area (Å²) >= 11 is 1.21. The Labute approximate surface area is 216 Å². The van der Waals surface area contributed by atoms with E-state index in [-0.39, 0.29) is 49.1 Å². The van der Waals surface area contributed by atoms with Crippen LogP contribution in [-0.4, -0.2) is 72.1 Å². The van der Waals surface area contributed by atoms with E-state index >= 15 is 0 Å². The van der Waals surface area contributed by atoms with Crippen LogP contribution in [0.15, 0.2) is 29.3 Å². The van der Waals surface area contributed by atoms with Crippen molar-refractivity contribution < 1.29 is 24.0 Å². The Kier molecular flexibility index (Phi) is 11.4. The number of primary amides is 1. The molecule has 0 aliphatic carbocycles. The molecule has 0 spiro atoms. The Morgan fingerprint density at radius 1 is 0.973 bits per heavy atom. The molecule has 0 saturated carbocycles. The molecule has 15 heteroatoms. The van der Waals surface area contributed by atoms with Crippen molar-refractivity contribution in [1.82, 2.24) is 20.9 Å². The number of rotatable bonds is 15. The fourth-order valence-electron chi connectivity index (χ4n) is 3.24. The fourth-order valence-corrected chi connectivity index (χ4v) is 4.20. The molecule has 200 valence electrons. The number of carbonyl (C=O) groups excluding carboxylic acids is 5. The van der Waals surface area contributed by atoms with Crippen LogP contribution in [0.2, 0.25) is 0 Å². The number of hydrogen-bond acceptors (Lipinski definition) is 9. The molecule has 1 heterocycles. The number of aliphatic imine (C=N–C) groups is 1. The molecule has 0 radical (unpaired) electrons. The lowest BCUT2D eigenvalue weighted by Gasteiger charge is -2.19. The Morgan fingerprint density at radius 2 is 1.68 bits per heavy atom. The molecule has 0 saturated heterocycles. The minimum atomic E-state index is -1.11. The number of amides is 4. The summed E-state index contributed by atoms with van der Waals surface area (Å²) in [5.41, 5.74) is 21.7. The summed E-state index contributed by atoms with van der Waals surface area (Å²) in [4.78, 5) is 69.3. The summed E-state index contributed by atoms with van der Waals surface area (Å²) in [6.07, 6.45) is 0.382. The normalized spacial score (nSPS) is 12.2. The molecule has 37 heavy (non-hydrogen) atoms. The molecular weight excluding hydrogens is 502 g/mol. The molecule has 4 amide bonds. The topological polar surface area (TPSA) is 251 Å². The van der Waals surface area contributed by atoms with Crippen molar-refractivity contribution in [3.8, 4) is 0 Å². The van der Waals surface area contributed by atoms with Crippen LogP contribution in [0.5, 0.6) is 0 Å². The maximum atomic E-state index is 13.2. The van der Waals surface area contributed by atoms with Crippen molar-refractivity contribution in [2.75, 3.05) is 19.6 Å². The first-order chi connectivity index (χ1) is 17.6. The molecule has 2 atom stereocenters. The highest BCUT2D eigenvalue weighted by atomic mass is 32.1. The van der Waals surface area contributed by atoms with Gasteiger partial charge in [0.05, 0.1) is 29.3 Å². The number of benzene rings is 1. The van der Waals surface area contributed by atoms with Crippen LogP contribution in [0.25, 0.3) is 10.2 Å². The third kappa shape index (κ3) is 9.81. The first kappa shape index (κ1) is 29.1. The van der Waals surface area contributed by atoms with Crippen LogP contribution in [0.3, 0.4) is 0 Å². The highest BCUT2D eigenvalue weighted by Gasteiger charge is 2.26. The van der Waals surface area contributed by atoms with Crippen LogP contribution in [0, 0.1) is 0 Å². The quantitative estimate of drug-likeness (QED) is 0.0569. The largest absolute Gasteiger partial charge is 0.370 e. The predicted octanol–water partition coefficient (Wildman–Crippen LogP) is -2.16. The Balaban J connectivity index is 2.06. The monoisotopic (exact) mass is 533 g/mol. The van der Waals surface area contributed by atoms with Crippen LogP contribution in [-0.2, 0) is 19.2 Å². The summed E-state index contributed by atoms with van der Waals surface area (Å²) in [5, 5.41) is 7.60. The zero-order chi connectivity index (χ0) is 27.4. The molecule has 0 aliphatic heterocycles. The van der Waals surface area contributed by atoms with Gasteiger partial charge in [0, 0.05) is 13.0 Å². The molecule has 0 aliphatic rings. The number of guanidine groups is 1. The van der Waals surface area contributed by atoms with Gasteiger partial charge in [-0.2, -0.15) is 0 Å². The maximum absolute atomic E-state index is 13.2. The van der Waals surface area contributed by atoms with Crippen molar-refractivity contribution in [2.24, 2.45) is 27.9 Å². The second-order valence-electron chi connectivity index (χ2n) is 7.97. The number of fused-ring (bicyclic) bond motifs is 1. The van der Waals surface area contributed by atoms with Gasteiger partial charge in [-0.15, -0.1) is 11.3 Å². The molecule has 1 aromatic heterocycles. The van der Waals surface area contributed by atoms with Crippen LogP contribution < -0.4 is 38.9 Å². The van der Waals surface area contributed by atoms with Crippen LogP contribution >= 0.6 is 11.3 Å². The Bertz CT molecular complexity index is 1130. The van der Waals surface area contributed by atoms with E-state index in [9.17, 15) is 24.0 Å². The minimum absolute atomic E-state index is 0.0714. The summed E-state index contributed by atoms with van der Waals surface area (Å²) < 4.78 is 0.824. The number of nitrogens with two attached hydrogens (primary N) is 4. The van der Waals surface area contributed by atoms with E-state index < -0.39 is 42.3 Å². The molecule has 2 rings (SSSR count). The SMILES string of the molecule is NCC(=O)NC(CCC(N)=O)C(=O)NCC(=O)NC(CCCN=C(N)N)C(=O)c1nc2ccccc2s1. The third-order valence-electron chi connectivity index (χ3n) is 5.04. The van der Waals surface area contributed by atoms with E-state index in [1.54, 1.807) is 12.1 Å². The number of Topliss-reactive ketones (excluding diaryl/α,β-unsaturated/α-hetero) is 1. The van der Waals surface area contributed by atoms with Gasteiger partial charge in [0.1, 0.15) is 6.04 Å². The molecule has 11 N–H and O–H groups in total. The molecule has 0 bridgehead atoms. The molecule has 1 aromatic carbocycles. The smallest absolute Gasteiger partial charge is 0.243 e. The molecule has 14 nitrogen and oxygen atoms in total. The Morgan fingerprint density at radius 3 is 2.32 bits per heavy atom. The van der Waals surface area contributed by atoms with Crippen LogP contribution in [0.4, 0.5) is 0 Å². The molecule has 2 aromatic rings. The van der Waals surface area contributed by atoms with Crippen molar-refractivity contribution in [1.29, 1.82) is 0 Å². The first-order valence-corrected chi connectivity index (χ1v) is 12.2. The zero-order valence-electron chi connectivity index (χ0n) is 20.1. The van der Waals surface area contributed by atoms with E-state index in [1.807, 2.05) is 12.1 Å². The highest BCUT2D eigenvalue weighted by molar-refractivity contribution is 7.20. The average molecular weight is 534 g/mol. The van der Waals surface area contributed by atoms with E-state index in [1.165, 1.54) is 11.3 Å². The van der Waals surface area contributed by atoms with E-state index in [2.05, 4.69) is 25.9 Å². The lowest BCUT2D eigenvalue weighted by molar-refractivity contribution is -0.130. The summed E-state index contributed by atoms with van der Waals surface area (Å²) in [6, 6.07) is 5.20. The highest BCUT2D eigenvalue weighted by Crippen LogP contribution is 2.23. The van der Waals surface area contributed by atoms with Crippen molar-refractivity contribution >= 4 is 56.9 Å². The first-order valence-electron chi connectivity index (χ1n) is 11.4. The molecule has 0 fully saturated rings. The van der Waals surface area contributed by atoms with Gasteiger partial charge in [0.15, 0.2) is 11.0 Å². The number of nitrogens with zero attached hydrogens (tertiary/aromatic N) is 2. The van der Waals surface area contributed by atoms with Gasteiger partial charge in [-0.3, -0.25) is 29.0 Å². The second-order valence-corrected chi connectivity index (χ2v) is 9.00. The van der Waals surface area contributed by atoms with Gasteiger partial charge >= 0.3 is 0 Å². The van der Waals surface area contributed by atoms with E-state index in [4.69, 9.17) is 22.9 Å². The van der Waals surface area contributed by atoms with Gasteiger partial charge in [-0.1, -0.05) is 12.1 Å². The average Bonchev–Trinajstić information content (AvgIpc) is 3.30. The summed E-state index contributed by atoms with van der Waals surface area (Å²) in [6.45, 7) is -0.598. The minimum Gasteiger partial charge on any atom is -0.370 e. The maximum Gasteiger partial charge on any atom is 0.243 e. The number of thiazole rings is 1. The van der Waals surface area contributed by atoms with Crippen LogP contribution in [0.1, 0.15) is 35.5 Å². The second kappa shape index (κ2) is 14.4. The number of hydrogen-bond donors (Lipinski definition) is 7. The van der Waals surface area contributed by atoms with Gasteiger partial charge in [0.2, 0.25) is 29.4 Å². The standard InChI is InChI=1S/C22H31N9O5S/c23-10-17(33)30-14(7-8-16(24)32)20(36)28-11-18(34)29-13(5-3-9-27-22(25)26)19(35)21-31-12-4-1-2-6-15(12)37-21/h1-2,4,6,13-14H,3,5,7-11,23H2,(H2,24,32)(H,28,36)(H,29,34)(H,30,33)(H4,25,26,27). The van der Waals surface area contributed by atoms with Crippen molar-refractivity contribution in [3.63, 3.8) is 0 Å². The number of nitrogens with one attached hydrogen (secondary N) is 3. The van der Waals surface area contributed by atoms with Gasteiger partial charge < -0.3 is 38.9 Å². The number of para-hydroxylation sites is 1. The number of carbonyl (C=O) groups is 5. The fraction of sp³-hybridized carbons (Fsp3) is 0.409. The summed E-state index contributed by atoms with van der Waals surface area (Å²) in [5.74, 6) is -3.10. The number of aromatic nitrogens is 1. The van der Waals surface area contributed by atoms with Gasteiger partial charge in [0.25, 0.3) is 0 Å².